The van der Waals surface area contributed by atoms with Crippen LogP contribution in [0.2, 0.25) is 0 Å². The molecule has 1 amide bonds. The summed E-state index contributed by atoms with van der Waals surface area (Å²) in [6.45, 7) is 6.61. The molecule has 0 aliphatic heterocycles. The fraction of sp³-hybridized carbons (Fsp3) is 0.333. The maximum atomic E-state index is 12.5. The third-order valence-corrected chi connectivity index (χ3v) is 3.70. The van der Waals surface area contributed by atoms with Crippen LogP contribution >= 0.6 is 0 Å². The Morgan fingerprint density at radius 2 is 1.77 bits per heavy atom. The summed E-state index contributed by atoms with van der Waals surface area (Å²) < 4.78 is 0. The second-order valence-electron chi connectivity index (χ2n) is 5.22. The minimum absolute atomic E-state index is 0.0575. The van der Waals surface area contributed by atoms with Crippen molar-refractivity contribution >= 4 is 11.6 Å². The molecule has 2 aromatic rings. The van der Waals surface area contributed by atoms with E-state index in [0.29, 0.717) is 12.2 Å². The van der Waals surface area contributed by atoms with Crippen LogP contribution < -0.4 is 4.90 Å². The van der Waals surface area contributed by atoms with Crippen molar-refractivity contribution in [3.8, 4) is 0 Å². The highest BCUT2D eigenvalue weighted by Crippen LogP contribution is 2.15. The van der Waals surface area contributed by atoms with Gasteiger partial charge in [0.15, 0.2) is 0 Å². The maximum Gasteiger partial charge on any atom is 0.272 e. The summed E-state index contributed by atoms with van der Waals surface area (Å²) in [5.41, 5.74) is 2.64. The van der Waals surface area contributed by atoms with E-state index in [1.165, 1.54) is 0 Å². The van der Waals surface area contributed by atoms with Crippen molar-refractivity contribution in [3.05, 3.63) is 59.9 Å². The minimum Gasteiger partial charge on any atom is -0.372 e. The Labute approximate surface area is 132 Å². The summed E-state index contributed by atoms with van der Waals surface area (Å²) in [6, 6.07) is 13.8. The van der Waals surface area contributed by atoms with Crippen molar-refractivity contribution in [1.82, 2.24) is 9.88 Å². The van der Waals surface area contributed by atoms with E-state index in [1.807, 2.05) is 42.5 Å². The summed E-state index contributed by atoms with van der Waals surface area (Å²) in [5.74, 6) is -0.0575. The molecule has 0 aliphatic rings. The maximum absolute atomic E-state index is 12.5. The lowest BCUT2D eigenvalue weighted by atomic mass is 10.2. The van der Waals surface area contributed by atoms with Crippen molar-refractivity contribution in [2.24, 2.45) is 0 Å². The first-order chi connectivity index (χ1) is 10.7. The van der Waals surface area contributed by atoms with Gasteiger partial charge in [-0.2, -0.15) is 0 Å². The number of hydrogen-bond donors (Lipinski definition) is 0. The van der Waals surface area contributed by atoms with E-state index in [9.17, 15) is 4.79 Å². The highest BCUT2D eigenvalue weighted by Gasteiger charge is 2.15. The first-order valence-corrected chi connectivity index (χ1v) is 7.66. The lowest BCUT2D eigenvalue weighted by Gasteiger charge is -2.22. The van der Waals surface area contributed by atoms with Crippen LogP contribution in [0, 0.1) is 0 Å². The fourth-order valence-electron chi connectivity index (χ4n) is 2.45. The number of aromatic nitrogens is 1. The molecule has 1 heterocycles. The van der Waals surface area contributed by atoms with Gasteiger partial charge in [0.1, 0.15) is 5.69 Å². The van der Waals surface area contributed by atoms with Gasteiger partial charge in [-0.1, -0.05) is 30.3 Å². The van der Waals surface area contributed by atoms with Gasteiger partial charge in [-0.05, 0) is 31.5 Å². The van der Waals surface area contributed by atoms with Crippen LogP contribution in [0.25, 0.3) is 0 Å². The van der Waals surface area contributed by atoms with Crippen molar-refractivity contribution < 1.29 is 4.79 Å². The smallest absolute Gasteiger partial charge is 0.272 e. The lowest BCUT2D eigenvalue weighted by Crippen LogP contribution is -2.28. The summed E-state index contributed by atoms with van der Waals surface area (Å²) in [6.07, 6.45) is 1.71. The number of rotatable bonds is 6. The zero-order valence-electron chi connectivity index (χ0n) is 13.5. The first kappa shape index (κ1) is 16.0. The van der Waals surface area contributed by atoms with E-state index in [1.54, 1.807) is 18.1 Å². The summed E-state index contributed by atoms with van der Waals surface area (Å²) in [7, 11) is 1.81. The molecule has 0 atom stereocenters. The molecule has 1 aromatic carbocycles. The zero-order valence-corrected chi connectivity index (χ0v) is 13.5. The van der Waals surface area contributed by atoms with E-state index in [2.05, 4.69) is 23.7 Å². The van der Waals surface area contributed by atoms with E-state index in [-0.39, 0.29) is 5.91 Å². The van der Waals surface area contributed by atoms with Gasteiger partial charge in [0, 0.05) is 38.6 Å². The number of nitrogens with zero attached hydrogens (tertiary/aromatic N) is 3. The van der Waals surface area contributed by atoms with Gasteiger partial charge in [-0.3, -0.25) is 9.78 Å². The molecule has 0 N–H and O–H groups in total. The van der Waals surface area contributed by atoms with Gasteiger partial charge < -0.3 is 9.80 Å². The number of hydrogen-bond acceptors (Lipinski definition) is 3. The van der Waals surface area contributed by atoms with Crippen LogP contribution in [0.1, 0.15) is 29.9 Å². The minimum atomic E-state index is -0.0575. The number of pyridine rings is 1. The molecule has 0 aliphatic carbocycles. The average molecular weight is 297 g/mol. The molecule has 0 bridgehead atoms. The van der Waals surface area contributed by atoms with E-state index in [0.717, 1.165) is 24.3 Å². The topological polar surface area (TPSA) is 36.4 Å². The van der Waals surface area contributed by atoms with Crippen LogP contribution in [0.5, 0.6) is 0 Å². The largest absolute Gasteiger partial charge is 0.372 e. The molecule has 0 radical (unpaired) electrons. The molecule has 0 saturated carbocycles. The fourth-order valence-corrected chi connectivity index (χ4v) is 2.45. The number of amides is 1. The summed E-state index contributed by atoms with van der Waals surface area (Å²) >= 11 is 0. The van der Waals surface area contributed by atoms with Gasteiger partial charge in [-0.15, -0.1) is 0 Å². The normalized spacial score (nSPS) is 10.3. The Morgan fingerprint density at radius 3 is 2.41 bits per heavy atom. The zero-order chi connectivity index (χ0) is 15.9. The highest BCUT2D eigenvalue weighted by atomic mass is 16.2. The van der Waals surface area contributed by atoms with Crippen molar-refractivity contribution in [2.45, 2.75) is 20.4 Å². The van der Waals surface area contributed by atoms with Gasteiger partial charge in [-0.25, -0.2) is 0 Å². The molecule has 22 heavy (non-hydrogen) atoms. The monoisotopic (exact) mass is 297 g/mol. The summed E-state index contributed by atoms with van der Waals surface area (Å²) in [4.78, 5) is 20.7. The molecule has 0 fully saturated rings. The molecule has 0 unspecified atom stereocenters. The van der Waals surface area contributed by atoms with Crippen LogP contribution in [0.3, 0.4) is 0 Å². The Morgan fingerprint density at radius 1 is 1.09 bits per heavy atom. The highest BCUT2D eigenvalue weighted by molar-refractivity contribution is 5.93. The molecular formula is C18H23N3O. The Hall–Kier alpha value is -2.36. The first-order valence-electron chi connectivity index (χ1n) is 7.66. The van der Waals surface area contributed by atoms with Crippen molar-refractivity contribution in [2.75, 3.05) is 25.0 Å². The van der Waals surface area contributed by atoms with Crippen molar-refractivity contribution in [3.63, 3.8) is 0 Å². The third-order valence-electron chi connectivity index (χ3n) is 3.70. The quantitative estimate of drug-likeness (QED) is 0.821. The molecule has 116 valence electrons. The third kappa shape index (κ3) is 3.85. The van der Waals surface area contributed by atoms with Crippen LogP contribution in [0.4, 0.5) is 5.69 Å². The Bertz CT molecular complexity index is 609. The van der Waals surface area contributed by atoms with Gasteiger partial charge in [0.25, 0.3) is 5.91 Å². The standard InChI is InChI=1S/C18H23N3O/c1-4-21(5-2)16-11-12-19-17(13-16)18(22)20(3)14-15-9-7-6-8-10-15/h6-13H,4-5,14H2,1-3H3. The van der Waals surface area contributed by atoms with Crippen LogP contribution in [-0.2, 0) is 6.54 Å². The van der Waals surface area contributed by atoms with E-state index in [4.69, 9.17) is 0 Å². The Kier molecular flexibility index (Phi) is 5.53. The number of carbonyl (C=O) groups is 1. The second kappa shape index (κ2) is 7.59. The molecule has 0 spiro atoms. The lowest BCUT2D eigenvalue weighted by molar-refractivity contribution is 0.0779. The van der Waals surface area contributed by atoms with Crippen LogP contribution in [0.15, 0.2) is 48.7 Å². The van der Waals surface area contributed by atoms with Crippen molar-refractivity contribution in [1.29, 1.82) is 0 Å². The number of carbonyl (C=O) groups excluding carboxylic acids is 1. The molecule has 4 nitrogen and oxygen atoms in total. The van der Waals surface area contributed by atoms with Gasteiger partial charge in [0.05, 0.1) is 0 Å². The van der Waals surface area contributed by atoms with Gasteiger partial charge >= 0.3 is 0 Å². The van der Waals surface area contributed by atoms with E-state index < -0.39 is 0 Å². The molecule has 4 heteroatoms. The van der Waals surface area contributed by atoms with E-state index >= 15 is 0 Å². The average Bonchev–Trinajstić information content (AvgIpc) is 2.56. The molecule has 1 aromatic heterocycles. The summed E-state index contributed by atoms with van der Waals surface area (Å²) in [5, 5.41) is 0. The van der Waals surface area contributed by atoms with Crippen LogP contribution in [-0.4, -0.2) is 35.9 Å². The predicted octanol–water partition coefficient (Wildman–Crippen LogP) is 3.20. The second-order valence-corrected chi connectivity index (χ2v) is 5.22. The number of benzene rings is 1. The SMILES string of the molecule is CCN(CC)c1ccnc(C(=O)N(C)Cc2ccccc2)c1. The molecular weight excluding hydrogens is 274 g/mol. The predicted molar refractivity (Wildman–Crippen MR) is 90.0 cm³/mol. The molecule has 2 rings (SSSR count). The molecule has 0 saturated heterocycles. The van der Waals surface area contributed by atoms with Gasteiger partial charge in [0.2, 0.25) is 0 Å². The Balaban J connectivity index is 2.13. The number of anilines is 1.